The van der Waals surface area contributed by atoms with E-state index in [1.165, 1.54) is 32.2 Å². The van der Waals surface area contributed by atoms with Crippen molar-refractivity contribution in [2.45, 2.75) is 44.1 Å². The molecule has 2 aliphatic rings. The van der Waals surface area contributed by atoms with Gasteiger partial charge in [-0.3, -0.25) is 0 Å². The highest BCUT2D eigenvalue weighted by Gasteiger charge is 2.43. The summed E-state index contributed by atoms with van der Waals surface area (Å²) < 4.78 is 0. The number of hydrogen-bond acceptors (Lipinski definition) is 2. The van der Waals surface area contributed by atoms with E-state index in [2.05, 4.69) is 11.9 Å². The predicted octanol–water partition coefficient (Wildman–Crippen LogP) is 1.63. The van der Waals surface area contributed by atoms with Gasteiger partial charge in [0.05, 0.1) is 5.60 Å². The molecule has 1 N–H and O–H groups in total. The fourth-order valence-electron chi connectivity index (χ4n) is 2.46. The molecule has 0 aromatic carbocycles. The molecule has 0 bridgehead atoms. The van der Waals surface area contributed by atoms with Crippen LogP contribution in [-0.2, 0) is 0 Å². The molecular formula is C11H21NO. The second-order valence-electron chi connectivity index (χ2n) is 4.89. The van der Waals surface area contributed by atoms with Crippen molar-refractivity contribution in [3.63, 3.8) is 0 Å². The minimum absolute atomic E-state index is 0.297. The zero-order chi connectivity index (χ0) is 9.31. The molecule has 1 unspecified atom stereocenters. The van der Waals surface area contributed by atoms with Gasteiger partial charge in [0.25, 0.3) is 0 Å². The van der Waals surface area contributed by atoms with Crippen molar-refractivity contribution >= 4 is 0 Å². The van der Waals surface area contributed by atoms with Gasteiger partial charge in [0.2, 0.25) is 0 Å². The first-order valence-electron chi connectivity index (χ1n) is 5.62. The molecule has 2 rings (SSSR count). The van der Waals surface area contributed by atoms with Gasteiger partial charge in [0.15, 0.2) is 0 Å². The van der Waals surface area contributed by atoms with Crippen LogP contribution in [0.1, 0.15) is 38.5 Å². The first-order valence-corrected chi connectivity index (χ1v) is 5.62. The molecular weight excluding hydrogens is 162 g/mol. The molecule has 1 heterocycles. The monoisotopic (exact) mass is 183 g/mol. The SMILES string of the molecule is CN1CCCCC(O)(C2CC2)CC1. The lowest BCUT2D eigenvalue weighted by Crippen LogP contribution is -2.38. The van der Waals surface area contributed by atoms with Gasteiger partial charge < -0.3 is 10.0 Å². The van der Waals surface area contributed by atoms with Crippen molar-refractivity contribution < 1.29 is 5.11 Å². The number of rotatable bonds is 1. The summed E-state index contributed by atoms with van der Waals surface area (Å²) in [7, 11) is 2.17. The molecule has 2 fully saturated rings. The van der Waals surface area contributed by atoms with Crippen LogP contribution in [0.15, 0.2) is 0 Å². The van der Waals surface area contributed by atoms with Crippen LogP contribution in [0.2, 0.25) is 0 Å². The van der Waals surface area contributed by atoms with Gasteiger partial charge >= 0.3 is 0 Å². The van der Waals surface area contributed by atoms with Crippen LogP contribution in [0, 0.1) is 5.92 Å². The highest BCUT2D eigenvalue weighted by Crippen LogP contribution is 2.44. The van der Waals surface area contributed by atoms with Crippen molar-refractivity contribution in [2.24, 2.45) is 5.92 Å². The minimum atomic E-state index is -0.297. The molecule has 0 spiro atoms. The van der Waals surface area contributed by atoms with Gasteiger partial charge in [-0.15, -0.1) is 0 Å². The van der Waals surface area contributed by atoms with Crippen molar-refractivity contribution in [3.8, 4) is 0 Å². The Hall–Kier alpha value is -0.0800. The number of hydrogen-bond donors (Lipinski definition) is 1. The molecule has 2 heteroatoms. The Morgan fingerprint density at radius 2 is 1.92 bits per heavy atom. The van der Waals surface area contributed by atoms with E-state index in [4.69, 9.17) is 0 Å². The van der Waals surface area contributed by atoms with Crippen LogP contribution in [-0.4, -0.2) is 35.7 Å². The summed E-state index contributed by atoms with van der Waals surface area (Å²) in [6.07, 6.45) is 7.03. The molecule has 1 aliphatic heterocycles. The summed E-state index contributed by atoms with van der Waals surface area (Å²) >= 11 is 0. The zero-order valence-electron chi connectivity index (χ0n) is 8.63. The van der Waals surface area contributed by atoms with Gasteiger partial charge in [0, 0.05) is 6.54 Å². The quantitative estimate of drug-likeness (QED) is 0.668. The van der Waals surface area contributed by atoms with Crippen molar-refractivity contribution in [3.05, 3.63) is 0 Å². The Balaban J connectivity index is 1.93. The Kier molecular flexibility index (Phi) is 2.61. The van der Waals surface area contributed by atoms with E-state index in [-0.39, 0.29) is 5.60 Å². The van der Waals surface area contributed by atoms with E-state index in [1.54, 1.807) is 0 Å². The summed E-state index contributed by atoms with van der Waals surface area (Å²) in [6, 6.07) is 0. The van der Waals surface area contributed by atoms with E-state index in [0.717, 1.165) is 19.4 Å². The summed E-state index contributed by atoms with van der Waals surface area (Å²) in [5.41, 5.74) is -0.297. The van der Waals surface area contributed by atoms with Gasteiger partial charge in [-0.2, -0.15) is 0 Å². The van der Waals surface area contributed by atoms with Crippen LogP contribution < -0.4 is 0 Å². The molecule has 1 atom stereocenters. The summed E-state index contributed by atoms with van der Waals surface area (Å²) in [4.78, 5) is 2.35. The number of likely N-dealkylation sites (tertiary alicyclic amines) is 1. The molecule has 76 valence electrons. The van der Waals surface area contributed by atoms with Gasteiger partial charge in [-0.25, -0.2) is 0 Å². The van der Waals surface area contributed by atoms with Crippen LogP contribution in [0.25, 0.3) is 0 Å². The van der Waals surface area contributed by atoms with Crippen molar-refractivity contribution in [1.82, 2.24) is 4.90 Å². The molecule has 13 heavy (non-hydrogen) atoms. The summed E-state index contributed by atoms with van der Waals surface area (Å²) in [5, 5.41) is 10.4. The van der Waals surface area contributed by atoms with Crippen LogP contribution >= 0.6 is 0 Å². The molecule has 0 radical (unpaired) electrons. The minimum Gasteiger partial charge on any atom is -0.390 e. The Bertz CT molecular complexity index is 179. The molecule has 0 aromatic heterocycles. The van der Waals surface area contributed by atoms with Crippen LogP contribution in [0.4, 0.5) is 0 Å². The lowest BCUT2D eigenvalue weighted by Gasteiger charge is -2.33. The third-order valence-corrected chi connectivity index (χ3v) is 3.66. The highest BCUT2D eigenvalue weighted by atomic mass is 16.3. The molecule has 0 aromatic rings. The van der Waals surface area contributed by atoms with Gasteiger partial charge in [0.1, 0.15) is 0 Å². The first-order chi connectivity index (χ1) is 6.21. The van der Waals surface area contributed by atoms with Crippen molar-refractivity contribution in [1.29, 1.82) is 0 Å². The number of aliphatic hydroxyl groups is 1. The van der Waals surface area contributed by atoms with Gasteiger partial charge in [-0.05, 0) is 58.0 Å². The lowest BCUT2D eigenvalue weighted by molar-refractivity contribution is -0.0144. The number of nitrogens with zero attached hydrogens (tertiary/aromatic N) is 1. The zero-order valence-corrected chi connectivity index (χ0v) is 8.63. The normalized spacial score (nSPS) is 38.3. The Labute approximate surface area is 80.9 Å². The fourth-order valence-corrected chi connectivity index (χ4v) is 2.46. The topological polar surface area (TPSA) is 23.5 Å². The van der Waals surface area contributed by atoms with Gasteiger partial charge in [-0.1, -0.05) is 0 Å². The largest absolute Gasteiger partial charge is 0.390 e. The maximum Gasteiger partial charge on any atom is 0.0688 e. The third kappa shape index (κ3) is 2.23. The maximum atomic E-state index is 10.4. The molecule has 1 saturated carbocycles. The van der Waals surface area contributed by atoms with E-state index >= 15 is 0 Å². The summed E-state index contributed by atoms with van der Waals surface area (Å²) in [5.74, 6) is 0.638. The standard InChI is InChI=1S/C11H21NO/c1-12-8-3-2-6-11(13,7-9-12)10-4-5-10/h10,13H,2-9H2,1H3. The average Bonchev–Trinajstić information content (AvgIpc) is 2.89. The van der Waals surface area contributed by atoms with Crippen LogP contribution in [0.3, 0.4) is 0 Å². The average molecular weight is 183 g/mol. The maximum absolute atomic E-state index is 10.4. The Morgan fingerprint density at radius 1 is 1.15 bits per heavy atom. The second kappa shape index (κ2) is 3.58. The van der Waals surface area contributed by atoms with E-state index in [9.17, 15) is 5.11 Å². The van der Waals surface area contributed by atoms with Crippen LogP contribution in [0.5, 0.6) is 0 Å². The highest BCUT2D eigenvalue weighted by molar-refractivity contribution is 4.95. The lowest BCUT2D eigenvalue weighted by atomic mass is 9.86. The van der Waals surface area contributed by atoms with E-state index in [0.29, 0.717) is 5.92 Å². The Morgan fingerprint density at radius 3 is 2.62 bits per heavy atom. The summed E-state index contributed by atoms with van der Waals surface area (Å²) in [6.45, 7) is 2.29. The molecule has 2 nitrogen and oxygen atoms in total. The van der Waals surface area contributed by atoms with E-state index < -0.39 is 0 Å². The fraction of sp³-hybridized carbons (Fsp3) is 1.00. The molecule has 1 aliphatic carbocycles. The molecule has 1 saturated heterocycles. The van der Waals surface area contributed by atoms with E-state index in [1.807, 2.05) is 0 Å². The first kappa shape index (κ1) is 9.47. The predicted molar refractivity (Wildman–Crippen MR) is 53.6 cm³/mol. The smallest absolute Gasteiger partial charge is 0.0688 e. The second-order valence-corrected chi connectivity index (χ2v) is 4.89. The molecule has 0 amide bonds. The third-order valence-electron chi connectivity index (χ3n) is 3.66. The van der Waals surface area contributed by atoms with Crippen molar-refractivity contribution in [2.75, 3.05) is 20.1 Å².